The lowest BCUT2D eigenvalue weighted by molar-refractivity contribution is -0.126. The highest BCUT2D eigenvalue weighted by atomic mass is 19.1. The Kier molecular flexibility index (Phi) is 6.72. The van der Waals surface area contributed by atoms with Crippen molar-refractivity contribution in [1.29, 1.82) is 5.26 Å². The molecule has 0 radical (unpaired) electrons. The van der Waals surface area contributed by atoms with Gasteiger partial charge in [-0.15, -0.1) is 0 Å². The molecule has 2 aliphatic heterocycles. The van der Waals surface area contributed by atoms with E-state index in [1.54, 1.807) is 49.9 Å². The molecule has 2 amide bonds. The number of rotatable bonds is 6. The van der Waals surface area contributed by atoms with Crippen LogP contribution in [0.2, 0.25) is 0 Å². The average molecular weight is 518 g/mol. The van der Waals surface area contributed by atoms with Crippen LogP contribution in [0.5, 0.6) is 0 Å². The number of nitrogens with zero attached hydrogens (tertiary/aromatic N) is 2. The number of amides is 2. The van der Waals surface area contributed by atoms with E-state index in [0.717, 1.165) is 30.4 Å². The molecule has 7 nitrogen and oxygen atoms in total. The van der Waals surface area contributed by atoms with E-state index in [-0.39, 0.29) is 36.5 Å². The smallest absolute Gasteiger partial charge is 0.411 e. The first-order valence-electron chi connectivity index (χ1n) is 13.2. The maximum absolute atomic E-state index is 15.1. The lowest BCUT2D eigenvalue weighted by atomic mass is 9.87. The normalized spacial score (nSPS) is 22.6. The molecule has 4 atom stereocenters. The number of ketones is 1. The van der Waals surface area contributed by atoms with E-state index in [4.69, 9.17) is 4.74 Å². The van der Waals surface area contributed by atoms with Crippen LogP contribution in [0.4, 0.5) is 9.18 Å². The second-order valence-corrected chi connectivity index (χ2v) is 11.6. The van der Waals surface area contributed by atoms with E-state index in [9.17, 15) is 19.6 Å². The first-order chi connectivity index (χ1) is 18.0. The van der Waals surface area contributed by atoms with Gasteiger partial charge in [-0.3, -0.25) is 14.5 Å². The van der Waals surface area contributed by atoms with E-state index >= 15 is 4.39 Å². The second kappa shape index (κ2) is 9.86. The standard InChI is InChI=1S/C30H32FN3O4/c1-30(2,3)38-29(37)34-23-8-6-21(13-23)27(34)26(35)11-17(15-32)10-20-5-4-19(14-25(20)31)18-7-9-24-22(12-18)16-33-28(24)36/h4-5,7,9,12,14,17,21,23,27H,6,8,10-11,13,16H2,1-3H3,(H,33,36)/t17?,21-,23+,27-/m0/s1. The molecule has 2 heterocycles. The van der Waals surface area contributed by atoms with Crippen molar-refractivity contribution in [2.75, 3.05) is 0 Å². The molecular weight excluding hydrogens is 485 g/mol. The van der Waals surface area contributed by atoms with E-state index in [1.165, 1.54) is 6.07 Å². The summed E-state index contributed by atoms with van der Waals surface area (Å²) in [4.78, 5) is 39.7. The van der Waals surface area contributed by atoms with Gasteiger partial charge in [0.25, 0.3) is 5.91 Å². The van der Waals surface area contributed by atoms with Gasteiger partial charge in [0.15, 0.2) is 5.78 Å². The van der Waals surface area contributed by atoms with Gasteiger partial charge in [0.1, 0.15) is 11.4 Å². The summed E-state index contributed by atoms with van der Waals surface area (Å²) in [5, 5.41) is 12.6. The fourth-order valence-electron chi connectivity index (χ4n) is 6.08. The zero-order valence-corrected chi connectivity index (χ0v) is 21.9. The van der Waals surface area contributed by atoms with Crippen molar-refractivity contribution in [3.63, 3.8) is 0 Å². The quantitative estimate of drug-likeness (QED) is 0.570. The number of carbonyl (C=O) groups excluding carboxylic acids is 3. The van der Waals surface area contributed by atoms with Gasteiger partial charge in [-0.05, 0) is 92.8 Å². The summed E-state index contributed by atoms with van der Waals surface area (Å²) in [5.41, 5.74) is 2.68. The largest absolute Gasteiger partial charge is 0.444 e. The molecule has 1 aliphatic carbocycles. The van der Waals surface area contributed by atoms with E-state index in [1.807, 2.05) is 6.07 Å². The maximum Gasteiger partial charge on any atom is 0.411 e. The van der Waals surface area contributed by atoms with Crippen molar-refractivity contribution in [1.82, 2.24) is 10.2 Å². The number of hydrogen-bond donors (Lipinski definition) is 1. The summed E-state index contributed by atoms with van der Waals surface area (Å²) < 4.78 is 20.7. The fraction of sp³-hybridized carbons (Fsp3) is 0.467. The van der Waals surface area contributed by atoms with Gasteiger partial charge in [0, 0.05) is 24.6 Å². The number of benzene rings is 2. The van der Waals surface area contributed by atoms with Crippen molar-refractivity contribution in [3.05, 3.63) is 58.9 Å². The molecule has 1 unspecified atom stereocenters. The Morgan fingerprint density at radius 2 is 1.92 bits per heavy atom. The zero-order chi connectivity index (χ0) is 27.2. The molecule has 2 bridgehead atoms. The molecule has 1 saturated heterocycles. The topological polar surface area (TPSA) is 99.5 Å². The lowest BCUT2D eigenvalue weighted by Gasteiger charge is -2.35. The van der Waals surface area contributed by atoms with Gasteiger partial charge in [-0.1, -0.05) is 18.2 Å². The van der Waals surface area contributed by atoms with Crippen molar-refractivity contribution in [2.24, 2.45) is 11.8 Å². The minimum Gasteiger partial charge on any atom is -0.444 e. The first-order valence-corrected chi connectivity index (χ1v) is 13.2. The number of ether oxygens (including phenoxy) is 1. The highest BCUT2D eigenvalue weighted by Crippen LogP contribution is 2.44. The molecule has 1 N–H and O–H groups in total. The molecule has 8 heteroatoms. The van der Waals surface area contributed by atoms with Crippen molar-refractivity contribution >= 4 is 17.8 Å². The number of carbonyl (C=O) groups is 3. The Balaban J connectivity index is 1.28. The molecule has 0 aromatic heterocycles. The number of likely N-dealkylation sites (tertiary alicyclic amines) is 1. The summed E-state index contributed by atoms with van der Waals surface area (Å²) in [5.74, 6) is -1.34. The van der Waals surface area contributed by atoms with Crippen LogP contribution < -0.4 is 5.32 Å². The Bertz CT molecular complexity index is 1340. The number of hydrogen-bond acceptors (Lipinski definition) is 5. The average Bonchev–Trinajstić information content (AvgIpc) is 3.58. The monoisotopic (exact) mass is 517 g/mol. The number of nitriles is 1. The van der Waals surface area contributed by atoms with Crippen LogP contribution in [0, 0.1) is 29.0 Å². The van der Waals surface area contributed by atoms with Crippen LogP contribution in [-0.2, 0) is 22.5 Å². The molecular formula is C30H32FN3O4. The maximum atomic E-state index is 15.1. The minimum absolute atomic E-state index is 0.0116. The van der Waals surface area contributed by atoms with Gasteiger partial charge in [0.05, 0.1) is 18.0 Å². The van der Waals surface area contributed by atoms with E-state index < -0.39 is 29.5 Å². The third-order valence-electron chi connectivity index (χ3n) is 7.79. The fourth-order valence-corrected chi connectivity index (χ4v) is 6.08. The van der Waals surface area contributed by atoms with Gasteiger partial charge in [-0.25, -0.2) is 9.18 Å². The Morgan fingerprint density at radius 3 is 2.63 bits per heavy atom. The van der Waals surface area contributed by atoms with Crippen molar-refractivity contribution < 1.29 is 23.5 Å². The third-order valence-corrected chi connectivity index (χ3v) is 7.79. The van der Waals surface area contributed by atoms with Crippen LogP contribution >= 0.6 is 0 Å². The zero-order valence-electron chi connectivity index (χ0n) is 21.9. The highest BCUT2D eigenvalue weighted by molar-refractivity contribution is 5.99. The van der Waals surface area contributed by atoms with Gasteiger partial charge in [-0.2, -0.15) is 5.26 Å². The highest BCUT2D eigenvalue weighted by Gasteiger charge is 2.52. The summed E-state index contributed by atoms with van der Waals surface area (Å²) in [7, 11) is 0. The predicted octanol–water partition coefficient (Wildman–Crippen LogP) is 5.17. The van der Waals surface area contributed by atoms with Gasteiger partial charge >= 0.3 is 6.09 Å². The third kappa shape index (κ3) is 5.02. The molecule has 2 fully saturated rings. The molecule has 0 spiro atoms. The SMILES string of the molecule is CC(C)(C)OC(=O)N1[C@@H]2CC[C@@H](C2)[C@H]1C(=O)CC(C#N)Cc1ccc(-c2ccc3c(c2)CNC3=O)cc1F. The van der Waals surface area contributed by atoms with Gasteiger partial charge in [0.2, 0.25) is 0 Å². The number of piperidine rings is 1. The van der Waals surface area contributed by atoms with Crippen molar-refractivity contribution in [2.45, 2.75) is 77.1 Å². The van der Waals surface area contributed by atoms with E-state index in [0.29, 0.717) is 23.2 Å². The summed E-state index contributed by atoms with van der Waals surface area (Å²) in [6.45, 7) is 5.84. The van der Waals surface area contributed by atoms with Crippen LogP contribution in [0.25, 0.3) is 11.1 Å². The first kappa shape index (κ1) is 25.9. The van der Waals surface area contributed by atoms with Crippen LogP contribution in [0.3, 0.4) is 0 Å². The number of nitrogens with one attached hydrogen (secondary N) is 1. The lowest BCUT2D eigenvalue weighted by Crippen LogP contribution is -2.51. The molecule has 2 aromatic rings. The van der Waals surface area contributed by atoms with Crippen LogP contribution in [0.1, 0.15) is 67.9 Å². The van der Waals surface area contributed by atoms with Gasteiger partial charge < -0.3 is 10.1 Å². The van der Waals surface area contributed by atoms with Crippen LogP contribution in [0.15, 0.2) is 36.4 Å². The van der Waals surface area contributed by atoms with E-state index in [2.05, 4.69) is 11.4 Å². The summed E-state index contributed by atoms with van der Waals surface area (Å²) in [6, 6.07) is 11.9. The molecule has 38 heavy (non-hydrogen) atoms. The molecule has 198 valence electrons. The minimum atomic E-state index is -0.709. The predicted molar refractivity (Wildman–Crippen MR) is 138 cm³/mol. The number of halogens is 1. The number of Topliss-reactive ketones (excluding diaryl/α,β-unsaturated/α-hetero) is 1. The molecule has 3 aliphatic rings. The molecule has 1 saturated carbocycles. The second-order valence-electron chi connectivity index (χ2n) is 11.6. The Morgan fingerprint density at radius 1 is 1.18 bits per heavy atom. The van der Waals surface area contributed by atoms with Crippen molar-refractivity contribution in [3.8, 4) is 17.2 Å². The molecule has 5 rings (SSSR count). The van der Waals surface area contributed by atoms with Crippen LogP contribution in [-0.4, -0.2) is 40.4 Å². The molecule has 2 aromatic carbocycles. The summed E-state index contributed by atoms with van der Waals surface area (Å²) >= 11 is 0. The summed E-state index contributed by atoms with van der Waals surface area (Å²) in [6.07, 6.45) is 2.08. The Hall–Kier alpha value is -3.73. The number of fused-ring (bicyclic) bond motifs is 3. The Labute approximate surface area is 222 Å².